The summed E-state index contributed by atoms with van der Waals surface area (Å²) in [5, 5.41) is 10.6. The quantitative estimate of drug-likeness (QED) is 0.329. The first-order chi connectivity index (χ1) is 12.6. The van der Waals surface area contributed by atoms with Crippen molar-refractivity contribution in [2.24, 2.45) is 4.99 Å². The average Bonchev–Trinajstić information content (AvgIpc) is 2.63. The third-order valence-electron chi connectivity index (χ3n) is 3.53. The predicted octanol–water partition coefficient (Wildman–Crippen LogP) is 4.62. The molecule has 0 radical (unpaired) electrons. The highest BCUT2D eigenvalue weighted by molar-refractivity contribution is 14.1. The van der Waals surface area contributed by atoms with Crippen molar-refractivity contribution < 1.29 is 5.11 Å². The topological polar surface area (TPSA) is 70.4 Å². The number of halogens is 1. The number of aromatic nitrogens is 2. The van der Waals surface area contributed by atoms with Gasteiger partial charge < -0.3 is 5.11 Å². The monoisotopic (exact) mass is 475 g/mol. The van der Waals surface area contributed by atoms with Gasteiger partial charge in [-0.25, -0.2) is 0 Å². The summed E-state index contributed by atoms with van der Waals surface area (Å²) < 4.78 is 2.60. The van der Waals surface area contributed by atoms with Gasteiger partial charge in [0.25, 0.3) is 5.56 Å². The molecule has 0 atom stereocenters. The molecule has 1 aromatic heterocycles. The second-order valence-electron chi connectivity index (χ2n) is 5.28. The fourth-order valence-corrected chi connectivity index (χ4v) is 2.95. The first kappa shape index (κ1) is 18.3. The Balaban J connectivity index is 1.97. The molecule has 2 N–H and O–H groups in total. The van der Waals surface area contributed by atoms with Crippen molar-refractivity contribution in [1.29, 1.82) is 0 Å². The molecule has 0 aliphatic carbocycles. The largest absolute Gasteiger partial charge is 0.494 e. The van der Waals surface area contributed by atoms with Crippen LogP contribution >= 0.6 is 34.8 Å². The molecule has 0 aliphatic rings. The van der Waals surface area contributed by atoms with E-state index in [4.69, 9.17) is 12.2 Å². The van der Waals surface area contributed by atoms with Crippen molar-refractivity contribution in [1.82, 2.24) is 9.55 Å². The maximum Gasteiger partial charge on any atom is 0.262 e. The van der Waals surface area contributed by atoms with E-state index >= 15 is 0 Å². The number of nitrogens with one attached hydrogen (secondary N) is 1. The molecule has 1 heterocycles. The summed E-state index contributed by atoms with van der Waals surface area (Å²) in [5.74, 6) is -0.218. The number of hydrogen-bond acceptors (Lipinski definition) is 4. The van der Waals surface area contributed by atoms with Crippen LogP contribution in [0.2, 0.25) is 0 Å². The van der Waals surface area contributed by atoms with E-state index in [0.29, 0.717) is 5.69 Å². The van der Waals surface area contributed by atoms with Gasteiger partial charge in [0, 0.05) is 9.78 Å². The normalized spacial score (nSPS) is 11.4. The van der Waals surface area contributed by atoms with Gasteiger partial charge in [0.2, 0.25) is 5.88 Å². The number of hydrogen-bond donors (Lipinski definition) is 2. The van der Waals surface area contributed by atoms with E-state index in [1.54, 1.807) is 12.3 Å². The third-order valence-corrected chi connectivity index (χ3v) is 4.54. The molecule has 2 aromatic carbocycles. The number of allylic oxidation sites excluding steroid dienone is 1. The number of benzene rings is 2. The predicted molar refractivity (Wildman–Crippen MR) is 115 cm³/mol. The number of aliphatic imine (C=N–C) groups is 1. The molecule has 0 unspecified atom stereocenters. The van der Waals surface area contributed by atoms with E-state index in [2.05, 4.69) is 32.6 Å². The van der Waals surface area contributed by atoms with Crippen LogP contribution < -0.4 is 5.56 Å². The highest BCUT2D eigenvalue weighted by atomic mass is 127. The van der Waals surface area contributed by atoms with Gasteiger partial charge in [0.05, 0.1) is 11.4 Å². The van der Waals surface area contributed by atoms with Crippen LogP contribution in [0.3, 0.4) is 0 Å². The molecule has 0 fully saturated rings. The number of para-hydroxylation sites is 1. The Morgan fingerprint density at radius 3 is 2.50 bits per heavy atom. The van der Waals surface area contributed by atoms with Gasteiger partial charge in [-0.3, -0.25) is 19.3 Å². The lowest BCUT2D eigenvalue weighted by Gasteiger charge is -2.11. The molecule has 0 aliphatic heterocycles. The lowest BCUT2D eigenvalue weighted by molar-refractivity contribution is 0.432. The van der Waals surface area contributed by atoms with E-state index < -0.39 is 5.56 Å². The summed E-state index contributed by atoms with van der Waals surface area (Å²) in [4.78, 5) is 19.0. The summed E-state index contributed by atoms with van der Waals surface area (Å²) in [5.41, 5.74) is 1.11. The maximum absolute atomic E-state index is 12.2. The highest BCUT2D eigenvalue weighted by Crippen LogP contribution is 2.21. The molecule has 3 rings (SSSR count). The van der Waals surface area contributed by atoms with E-state index in [-0.39, 0.29) is 16.2 Å². The van der Waals surface area contributed by atoms with Crippen molar-refractivity contribution >= 4 is 52.8 Å². The van der Waals surface area contributed by atoms with Crippen molar-refractivity contribution in [2.45, 2.75) is 0 Å². The minimum atomic E-state index is -0.460. The molecule has 3 aromatic rings. The Labute approximate surface area is 168 Å². The second-order valence-corrected chi connectivity index (χ2v) is 6.91. The Morgan fingerprint density at radius 1 is 1.12 bits per heavy atom. The lowest BCUT2D eigenvalue weighted by Crippen LogP contribution is -2.15. The maximum atomic E-state index is 12.2. The Bertz CT molecular complexity index is 1080. The van der Waals surface area contributed by atoms with Crippen molar-refractivity contribution in [3.05, 3.63) is 84.9 Å². The van der Waals surface area contributed by atoms with Crippen LogP contribution in [0.5, 0.6) is 5.88 Å². The molecule has 7 heteroatoms. The summed E-state index contributed by atoms with van der Waals surface area (Å²) in [6.45, 7) is 0. The summed E-state index contributed by atoms with van der Waals surface area (Å²) in [6, 6.07) is 16.8. The van der Waals surface area contributed by atoms with Crippen LogP contribution in [0.25, 0.3) is 11.8 Å². The number of aromatic amines is 1. The summed E-state index contributed by atoms with van der Waals surface area (Å²) in [7, 11) is 0. The Morgan fingerprint density at radius 2 is 1.81 bits per heavy atom. The zero-order chi connectivity index (χ0) is 18.5. The zero-order valence-electron chi connectivity index (χ0n) is 13.5. The first-order valence-electron chi connectivity index (χ1n) is 7.66. The molecule has 0 bridgehead atoms. The van der Waals surface area contributed by atoms with Gasteiger partial charge in [-0.1, -0.05) is 18.2 Å². The summed E-state index contributed by atoms with van der Waals surface area (Å²) >= 11 is 7.39. The molecule has 0 amide bonds. The standard InChI is InChI=1S/C19H14IN3O2S/c20-13-8-10-15(11-9-13)23-18(25)16(17(24)22-19(23)26)7-4-12-21-14-5-2-1-3-6-14/h1-12,25H,(H,22,24,26)/b7-4+,21-12?. The van der Waals surface area contributed by atoms with Crippen molar-refractivity contribution in [3.63, 3.8) is 0 Å². The first-order valence-corrected chi connectivity index (χ1v) is 9.15. The van der Waals surface area contributed by atoms with Crippen LogP contribution in [-0.2, 0) is 0 Å². The second kappa shape index (κ2) is 8.24. The fourth-order valence-electron chi connectivity index (χ4n) is 2.30. The van der Waals surface area contributed by atoms with E-state index in [9.17, 15) is 9.90 Å². The summed E-state index contributed by atoms with van der Waals surface area (Å²) in [6.07, 6.45) is 4.65. The minimum absolute atomic E-state index is 0.108. The number of aromatic hydroxyl groups is 1. The van der Waals surface area contributed by atoms with Gasteiger partial charge in [-0.15, -0.1) is 0 Å². The minimum Gasteiger partial charge on any atom is -0.494 e. The fraction of sp³-hybridized carbons (Fsp3) is 0. The molecule has 5 nitrogen and oxygen atoms in total. The number of rotatable bonds is 4. The van der Waals surface area contributed by atoms with Gasteiger partial charge in [0.15, 0.2) is 4.77 Å². The van der Waals surface area contributed by atoms with Crippen LogP contribution in [0.15, 0.2) is 70.5 Å². The van der Waals surface area contributed by atoms with Crippen LogP contribution in [0, 0.1) is 8.34 Å². The van der Waals surface area contributed by atoms with Crippen molar-refractivity contribution in [3.8, 4) is 11.6 Å². The highest BCUT2D eigenvalue weighted by Gasteiger charge is 2.11. The Kier molecular flexibility index (Phi) is 5.79. The van der Waals surface area contributed by atoms with Crippen LogP contribution in [-0.4, -0.2) is 20.9 Å². The molecule has 130 valence electrons. The Hall–Kier alpha value is -2.52. The SMILES string of the molecule is O=c1[nH]c(=S)n(-c2ccc(I)cc2)c(O)c1/C=C/C=Nc1ccccc1. The van der Waals surface area contributed by atoms with Crippen LogP contribution in [0.1, 0.15) is 5.56 Å². The molecule has 0 saturated heterocycles. The van der Waals surface area contributed by atoms with Gasteiger partial charge in [-0.05, 0) is 83.4 Å². The van der Waals surface area contributed by atoms with Crippen molar-refractivity contribution in [2.75, 3.05) is 0 Å². The average molecular weight is 475 g/mol. The molecular formula is C19H14IN3O2S. The smallest absolute Gasteiger partial charge is 0.262 e. The molecule has 0 spiro atoms. The van der Waals surface area contributed by atoms with Crippen LogP contribution in [0.4, 0.5) is 5.69 Å². The molecular weight excluding hydrogens is 461 g/mol. The van der Waals surface area contributed by atoms with Gasteiger partial charge in [-0.2, -0.15) is 0 Å². The lowest BCUT2D eigenvalue weighted by atomic mass is 10.2. The number of H-pyrrole nitrogens is 1. The van der Waals surface area contributed by atoms with E-state index in [1.807, 2.05) is 54.6 Å². The van der Waals surface area contributed by atoms with Gasteiger partial charge >= 0.3 is 0 Å². The third kappa shape index (κ3) is 4.17. The number of nitrogens with zero attached hydrogens (tertiary/aromatic N) is 2. The molecule has 26 heavy (non-hydrogen) atoms. The van der Waals surface area contributed by atoms with E-state index in [1.165, 1.54) is 10.6 Å². The zero-order valence-corrected chi connectivity index (χ0v) is 16.4. The van der Waals surface area contributed by atoms with Gasteiger partial charge in [0.1, 0.15) is 5.56 Å². The molecule has 0 saturated carbocycles. The van der Waals surface area contributed by atoms with E-state index in [0.717, 1.165) is 9.26 Å².